The van der Waals surface area contributed by atoms with Crippen molar-refractivity contribution in [3.05, 3.63) is 35.9 Å². The standard InChI is InChI=1S/C14H21NO5S/c1-14(2,3)20-13(16)15-12(9-10-21(17,18)19)11-7-5-4-6-8-11/h4-8,12H,9-10H2,1-3H3,(H,15,16)(H,17,18,19). The zero-order valence-corrected chi connectivity index (χ0v) is 13.2. The summed E-state index contributed by atoms with van der Waals surface area (Å²) in [6.45, 7) is 5.22. The molecule has 7 heteroatoms. The third kappa shape index (κ3) is 7.67. The molecule has 0 saturated carbocycles. The van der Waals surface area contributed by atoms with Crippen molar-refractivity contribution >= 4 is 16.2 Å². The summed E-state index contributed by atoms with van der Waals surface area (Å²) >= 11 is 0. The van der Waals surface area contributed by atoms with Gasteiger partial charge in [-0.25, -0.2) is 4.79 Å². The molecule has 1 aromatic rings. The fourth-order valence-corrected chi connectivity index (χ4v) is 2.26. The monoisotopic (exact) mass is 315 g/mol. The maximum Gasteiger partial charge on any atom is 0.408 e. The van der Waals surface area contributed by atoms with Crippen molar-refractivity contribution in [2.24, 2.45) is 0 Å². The summed E-state index contributed by atoms with van der Waals surface area (Å²) in [5, 5.41) is 2.63. The van der Waals surface area contributed by atoms with Crippen molar-refractivity contribution < 1.29 is 22.5 Å². The maximum atomic E-state index is 11.8. The molecule has 21 heavy (non-hydrogen) atoms. The summed E-state index contributed by atoms with van der Waals surface area (Å²) in [4.78, 5) is 11.8. The second-order valence-corrected chi connectivity index (χ2v) is 7.26. The molecule has 6 nitrogen and oxygen atoms in total. The Morgan fingerprint density at radius 2 is 1.86 bits per heavy atom. The highest BCUT2D eigenvalue weighted by molar-refractivity contribution is 7.85. The van der Waals surface area contributed by atoms with E-state index in [0.29, 0.717) is 0 Å². The van der Waals surface area contributed by atoms with Gasteiger partial charge in [-0.1, -0.05) is 30.3 Å². The van der Waals surface area contributed by atoms with Gasteiger partial charge in [0, 0.05) is 0 Å². The summed E-state index contributed by atoms with van der Waals surface area (Å²) in [7, 11) is -4.09. The lowest BCUT2D eigenvalue weighted by Gasteiger charge is -2.23. The quantitative estimate of drug-likeness (QED) is 0.815. The van der Waals surface area contributed by atoms with Crippen molar-refractivity contribution in [2.75, 3.05) is 5.75 Å². The van der Waals surface area contributed by atoms with Crippen LogP contribution >= 0.6 is 0 Å². The number of carbonyl (C=O) groups excluding carboxylic acids is 1. The average Bonchev–Trinajstić information content (AvgIpc) is 2.32. The number of hydrogen-bond donors (Lipinski definition) is 2. The third-order valence-corrected chi connectivity index (χ3v) is 3.31. The van der Waals surface area contributed by atoms with Gasteiger partial charge in [0.15, 0.2) is 0 Å². The molecule has 0 heterocycles. The van der Waals surface area contributed by atoms with Crippen LogP contribution in [-0.2, 0) is 14.9 Å². The Bertz CT molecular complexity index is 563. The van der Waals surface area contributed by atoms with E-state index >= 15 is 0 Å². The Hall–Kier alpha value is -1.60. The molecule has 1 rings (SSSR count). The van der Waals surface area contributed by atoms with Crippen molar-refractivity contribution in [3.8, 4) is 0 Å². The topological polar surface area (TPSA) is 92.7 Å². The van der Waals surface area contributed by atoms with Crippen LogP contribution < -0.4 is 5.32 Å². The normalized spacial score (nSPS) is 13.5. The van der Waals surface area contributed by atoms with Crippen LogP contribution in [0.25, 0.3) is 0 Å². The molecule has 0 aromatic heterocycles. The number of nitrogens with one attached hydrogen (secondary N) is 1. The van der Waals surface area contributed by atoms with Crippen LogP contribution in [0.5, 0.6) is 0 Å². The Kier molecular flexibility index (Phi) is 5.74. The molecule has 0 aliphatic carbocycles. The van der Waals surface area contributed by atoms with Gasteiger partial charge in [-0.2, -0.15) is 8.42 Å². The molecule has 1 aromatic carbocycles. The molecule has 1 unspecified atom stereocenters. The molecule has 0 bridgehead atoms. The van der Waals surface area contributed by atoms with Crippen molar-refractivity contribution in [1.29, 1.82) is 0 Å². The van der Waals surface area contributed by atoms with E-state index in [9.17, 15) is 13.2 Å². The highest BCUT2D eigenvalue weighted by atomic mass is 32.2. The molecule has 0 saturated heterocycles. The Morgan fingerprint density at radius 1 is 1.29 bits per heavy atom. The number of amides is 1. The van der Waals surface area contributed by atoms with Crippen LogP contribution in [0.2, 0.25) is 0 Å². The molecule has 118 valence electrons. The highest BCUT2D eigenvalue weighted by Gasteiger charge is 2.21. The first-order valence-electron chi connectivity index (χ1n) is 6.56. The molecule has 1 amide bonds. The van der Waals surface area contributed by atoms with Gasteiger partial charge in [0.1, 0.15) is 5.60 Å². The van der Waals surface area contributed by atoms with E-state index < -0.39 is 33.6 Å². The molecule has 0 aliphatic heterocycles. The summed E-state index contributed by atoms with van der Waals surface area (Å²) in [6, 6.07) is 8.37. The predicted octanol–water partition coefficient (Wildman–Crippen LogP) is 2.53. The van der Waals surface area contributed by atoms with E-state index in [1.165, 1.54) is 0 Å². The minimum Gasteiger partial charge on any atom is -0.444 e. The second kappa shape index (κ2) is 6.91. The molecule has 0 radical (unpaired) electrons. The average molecular weight is 315 g/mol. The van der Waals surface area contributed by atoms with E-state index in [-0.39, 0.29) is 6.42 Å². The second-order valence-electron chi connectivity index (χ2n) is 5.68. The minimum absolute atomic E-state index is 0.0576. The van der Waals surface area contributed by atoms with Gasteiger partial charge < -0.3 is 10.1 Å². The van der Waals surface area contributed by atoms with Gasteiger partial charge in [-0.15, -0.1) is 0 Å². The maximum absolute atomic E-state index is 11.8. The van der Waals surface area contributed by atoms with Crippen LogP contribution in [0.1, 0.15) is 38.8 Å². The van der Waals surface area contributed by atoms with Gasteiger partial charge in [-0.05, 0) is 32.8 Å². The van der Waals surface area contributed by atoms with Gasteiger partial charge in [0.2, 0.25) is 0 Å². The smallest absolute Gasteiger partial charge is 0.408 e. The fourth-order valence-electron chi connectivity index (χ4n) is 1.72. The number of rotatable bonds is 5. The van der Waals surface area contributed by atoms with E-state index in [2.05, 4.69) is 5.32 Å². The lowest BCUT2D eigenvalue weighted by molar-refractivity contribution is 0.0502. The number of hydrogen-bond acceptors (Lipinski definition) is 4. The number of alkyl carbamates (subject to hydrolysis) is 1. The van der Waals surface area contributed by atoms with E-state index in [4.69, 9.17) is 9.29 Å². The van der Waals surface area contributed by atoms with Gasteiger partial charge >= 0.3 is 6.09 Å². The SMILES string of the molecule is CC(C)(C)OC(=O)NC(CCS(=O)(=O)O)c1ccccc1. The van der Waals surface area contributed by atoms with E-state index in [1.54, 1.807) is 45.0 Å². The zero-order valence-electron chi connectivity index (χ0n) is 12.4. The fraction of sp³-hybridized carbons (Fsp3) is 0.500. The first-order chi connectivity index (χ1) is 9.57. The van der Waals surface area contributed by atoms with Gasteiger partial charge in [-0.3, -0.25) is 4.55 Å². The van der Waals surface area contributed by atoms with Crippen LogP contribution in [0.3, 0.4) is 0 Å². The zero-order chi connectivity index (χ0) is 16.1. The Morgan fingerprint density at radius 3 is 2.33 bits per heavy atom. The van der Waals surface area contributed by atoms with Crippen molar-refractivity contribution in [1.82, 2.24) is 5.32 Å². The third-order valence-electron chi connectivity index (χ3n) is 2.56. The number of carbonyl (C=O) groups is 1. The van der Waals surface area contributed by atoms with Crippen molar-refractivity contribution in [3.63, 3.8) is 0 Å². The molecule has 0 fully saturated rings. The first-order valence-corrected chi connectivity index (χ1v) is 8.17. The van der Waals surface area contributed by atoms with Crippen molar-refractivity contribution in [2.45, 2.75) is 38.8 Å². The minimum atomic E-state index is -4.09. The Labute approximate surface area is 125 Å². The van der Waals surface area contributed by atoms with E-state index in [1.807, 2.05) is 6.07 Å². The van der Waals surface area contributed by atoms with Crippen LogP contribution in [0, 0.1) is 0 Å². The summed E-state index contributed by atoms with van der Waals surface area (Å²) in [5.74, 6) is -0.442. The lowest BCUT2D eigenvalue weighted by Crippen LogP contribution is -2.35. The number of benzene rings is 1. The lowest BCUT2D eigenvalue weighted by atomic mass is 10.1. The Balaban J connectivity index is 2.80. The summed E-state index contributed by atoms with van der Waals surface area (Å²) in [5.41, 5.74) is 0.0981. The highest BCUT2D eigenvalue weighted by Crippen LogP contribution is 2.18. The molecular formula is C14H21NO5S. The van der Waals surface area contributed by atoms with Crippen LogP contribution in [-0.4, -0.2) is 30.4 Å². The van der Waals surface area contributed by atoms with Crippen LogP contribution in [0.15, 0.2) is 30.3 Å². The predicted molar refractivity (Wildman–Crippen MR) is 79.6 cm³/mol. The largest absolute Gasteiger partial charge is 0.444 e. The molecule has 1 atom stereocenters. The summed E-state index contributed by atoms with van der Waals surface area (Å²) < 4.78 is 35.8. The molecule has 0 spiro atoms. The first kappa shape index (κ1) is 17.5. The number of ether oxygens (including phenoxy) is 1. The van der Waals surface area contributed by atoms with E-state index in [0.717, 1.165) is 5.56 Å². The van der Waals surface area contributed by atoms with Gasteiger partial charge in [0.25, 0.3) is 10.1 Å². The molecule has 0 aliphatic rings. The van der Waals surface area contributed by atoms with Gasteiger partial charge in [0.05, 0.1) is 11.8 Å². The molecule has 2 N–H and O–H groups in total. The van der Waals surface area contributed by atoms with Crippen LogP contribution in [0.4, 0.5) is 4.79 Å². The summed E-state index contributed by atoms with van der Waals surface area (Å²) in [6.07, 6.45) is -0.575. The molecular weight excluding hydrogens is 294 g/mol.